The van der Waals surface area contributed by atoms with Crippen molar-refractivity contribution in [2.75, 3.05) is 59.0 Å². The average molecular weight is 417 g/mol. The third-order valence-electron chi connectivity index (χ3n) is 5.18. The molecule has 0 saturated carbocycles. The molecule has 0 aliphatic carbocycles. The Morgan fingerprint density at radius 3 is 2.70 bits per heavy atom. The van der Waals surface area contributed by atoms with E-state index in [-0.39, 0.29) is 0 Å². The monoisotopic (exact) mass is 416 g/mol. The van der Waals surface area contributed by atoms with E-state index < -0.39 is 5.60 Å². The van der Waals surface area contributed by atoms with Crippen molar-refractivity contribution >= 4 is 5.95 Å². The van der Waals surface area contributed by atoms with Crippen LogP contribution in [0.3, 0.4) is 0 Å². The van der Waals surface area contributed by atoms with Crippen LogP contribution in [0.4, 0.5) is 5.95 Å². The predicted molar refractivity (Wildman–Crippen MR) is 115 cm³/mol. The summed E-state index contributed by atoms with van der Waals surface area (Å²) < 4.78 is 16.2. The highest BCUT2D eigenvalue weighted by atomic mass is 16.5. The second kappa shape index (κ2) is 10.6. The summed E-state index contributed by atoms with van der Waals surface area (Å²) in [5.74, 6) is 2.07. The molecule has 164 valence electrons. The van der Waals surface area contributed by atoms with Crippen LogP contribution in [0.15, 0.2) is 36.7 Å². The second-order valence-electron chi connectivity index (χ2n) is 7.80. The summed E-state index contributed by atoms with van der Waals surface area (Å²) in [4.78, 5) is 12.9. The van der Waals surface area contributed by atoms with Crippen molar-refractivity contribution in [3.05, 3.63) is 42.2 Å². The number of aliphatic hydroxyl groups is 1. The number of aromatic nitrogens is 2. The summed E-state index contributed by atoms with van der Waals surface area (Å²) in [6.07, 6.45) is 5.13. The molecule has 8 nitrogen and oxygen atoms in total. The fourth-order valence-electron chi connectivity index (χ4n) is 3.90. The minimum absolute atomic E-state index is 0.462. The lowest BCUT2D eigenvalue weighted by Crippen LogP contribution is -2.54. The summed E-state index contributed by atoms with van der Waals surface area (Å²) >= 11 is 0. The first-order valence-corrected chi connectivity index (χ1v) is 10.2. The highest BCUT2D eigenvalue weighted by molar-refractivity contribution is 5.43. The molecule has 0 radical (unpaired) electrons. The maximum absolute atomic E-state index is 11.2. The third-order valence-corrected chi connectivity index (χ3v) is 5.18. The number of benzene rings is 1. The van der Waals surface area contributed by atoms with Gasteiger partial charge in [-0.05, 0) is 43.7 Å². The van der Waals surface area contributed by atoms with Gasteiger partial charge in [0, 0.05) is 39.1 Å². The molecule has 8 heteroatoms. The van der Waals surface area contributed by atoms with Crippen LogP contribution >= 0.6 is 0 Å². The number of β-amino-alcohol motifs (C(OH)–C–C–N with tert-alkyl or cyclic N) is 1. The lowest BCUT2D eigenvalue weighted by molar-refractivity contribution is -0.00367. The molecule has 1 atom stereocenters. The molecular formula is C22H32N4O4. The Balaban J connectivity index is 1.61. The molecule has 3 rings (SSSR count). The number of hydrogen-bond acceptors (Lipinski definition) is 8. The maximum Gasteiger partial charge on any atom is 0.225 e. The van der Waals surface area contributed by atoms with Crippen molar-refractivity contribution in [2.24, 2.45) is 0 Å². The number of hydrogen-bond donors (Lipinski definition) is 1. The van der Waals surface area contributed by atoms with Crippen LogP contribution in [0.25, 0.3) is 0 Å². The Kier molecular flexibility index (Phi) is 7.84. The van der Waals surface area contributed by atoms with Crippen LogP contribution in [-0.2, 0) is 11.3 Å². The van der Waals surface area contributed by atoms with E-state index in [0.29, 0.717) is 50.3 Å². The molecule has 1 aliphatic rings. The zero-order chi connectivity index (χ0) is 21.4. The zero-order valence-corrected chi connectivity index (χ0v) is 18.1. The summed E-state index contributed by atoms with van der Waals surface area (Å²) in [5.41, 5.74) is 0.282. The summed E-state index contributed by atoms with van der Waals surface area (Å²) in [5, 5.41) is 11.2. The maximum atomic E-state index is 11.2. The molecule has 2 aromatic rings. The van der Waals surface area contributed by atoms with Crippen molar-refractivity contribution in [1.82, 2.24) is 14.9 Å². The smallest absolute Gasteiger partial charge is 0.225 e. The van der Waals surface area contributed by atoms with Crippen LogP contribution < -0.4 is 14.4 Å². The van der Waals surface area contributed by atoms with Gasteiger partial charge in [0.1, 0.15) is 6.61 Å². The van der Waals surface area contributed by atoms with Gasteiger partial charge in [-0.25, -0.2) is 9.97 Å². The number of piperidine rings is 1. The molecule has 0 bridgehead atoms. The largest absolute Gasteiger partial charge is 0.493 e. The van der Waals surface area contributed by atoms with Gasteiger partial charge in [-0.2, -0.15) is 0 Å². The highest BCUT2D eigenvalue weighted by Crippen LogP contribution is 2.29. The first-order valence-electron chi connectivity index (χ1n) is 10.2. The Hall–Kier alpha value is -2.42. The van der Waals surface area contributed by atoms with Gasteiger partial charge in [0.2, 0.25) is 5.95 Å². The van der Waals surface area contributed by atoms with Crippen LogP contribution in [0, 0.1) is 0 Å². The fraction of sp³-hybridized carbons (Fsp3) is 0.545. The number of nitrogens with zero attached hydrogens (tertiary/aromatic N) is 4. The normalized spacial score (nSPS) is 19.2. The van der Waals surface area contributed by atoms with E-state index >= 15 is 0 Å². The van der Waals surface area contributed by atoms with Gasteiger partial charge in [-0.1, -0.05) is 6.07 Å². The van der Waals surface area contributed by atoms with Crippen LogP contribution in [-0.4, -0.2) is 79.7 Å². The van der Waals surface area contributed by atoms with Crippen molar-refractivity contribution in [2.45, 2.75) is 25.0 Å². The lowest BCUT2D eigenvalue weighted by atomic mass is 9.92. The topological polar surface area (TPSA) is 80.2 Å². The number of methoxy groups -OCH3 is 2. The second-order valence-corrected chi connectivity index (χ2v) is 7.80. The number of rotatable bonds is 10. The third kappa shape index (κ3) is 6.04. The first-order chi connectivity index (χ1) is 14.5. The quantitative estimate of drug-likeness (QED) is 0.589. The van der Waals surface area contributed by atoms with E-state index in [1.54, 1.807) is 32.7 Å². The van der Waals surface area contributed by atoms with E-state index in [1.807, 2.05) is 25.2 Å². The summed E-state index contributed by atoms with van der Waals surface area (Å²) in [6.45, 7) is 3.61. The van der Waals surface area contributed by atoms with E-state index in [4.69, 9.17) is 14.2 Å². The molecule has 1 aromatic heterocycles. The van der Waals surface area contributed by atoms with Crippen molar-refractivity contribution in [3.63, 3.8) is 0 Å². The molecule has 1 aliphatic heterocycles. The van der Waals surface area contributed by atoms with Crippen LogP contribution in [0.5, 0.6) is 11.5 Å². The minimum Gasteiger partial charge on any atom is -0.493 e. The molecule has 1 fully saturated rings. The number of ether oxygens (including phenoxy) is 3. The average Bonchev–Trinajstić information content (AvgIpc) is 2.74. The van der Waals surface area contributed by atoms with Crippen molar-refractivity contribution in [1.29, 1.82) is 0 Å². The van der Waals surface area contributed by atoms with E-state index in [1.165, 1.54) is 0 Å². The van der Waals surface area contributed by atoms with Crippen LogP contribution in [0.2, 0.25) is 0 Å². The lowest BCUT2D eigenvalue weighted by Gasteiger charge is -2.41. The Labute approximate surface area is 178 Å². The SMILES string of the molecule is COCCOc1cc(CN(C)CC2(O)CCCN(c3ncccn3)C2)ccc1OC. The van der Waals surface area contributed by atoms with Gasteiger partial charge >= 0.3 is 0 Å². The number of likely N-dealkylation sites (N-methyl/N-ethyl adjacent to an activating group) is 1. The molecule has 30 heavy (non-hydrogen) atoms. The molecular weight excluding hydrogens is 384 g/mol. The molecule has 1 unspecified atom stereocenters. The zero-order valence-electron chi connectivity index (χ0n) is 18.1. The van der Waals surface area contributed by atoms with Gasteiger partial charge in [0.25, 0.3) is 0 Å². The van der Waals surface area contributed by atoms with Crippen molar-refractivity contribution in [3.8, 4) is 11.5 Å². The van der Waals surface area contributed by atoms with Gasteiger partial charge in [0.05, 0.1) is 25.9 Å². The molecule has 0 amide bonds. The summed E-state index contributed by atoms with van der Waals surface area (Å²) in [6, 6.07) is 7.72. The van der Waals surface area contributed by atoms with Gasteiger partial charge in [0.15, 0.2) is 11.5 Å². The Bertz CT molecular complexity index is 792. The fourth-order valence-corrected chi connectivity index (χ4v) is 3.90. The van der Waals surface area contributed by atoms with Gasteiger partial charge in [-0.3, -0.25) is 4.90 Å². The predicted octanol–water partition coefficient (Wildman–Crippen LogP) is 1.97. The molecule has 1 aromatic carbocycles. The Morgan fingerprint density at radius 2 is 1.97 bits per heavy atom. The molecule has 1 N–H and O–H groups in total. The van der Waals surface area contributed by atoms with Gasteiger partial charge < -0.3 is 24.2 Å². The number of anilines is 1. The van der Waals surface area contributed by atoms with E-state index in [0.717, 1.165) is 24.9 Å². The van der Waals surface area contributed by atoms with E-state index in [2.05, 4.69) is 19.8 Å². The molecule has 2 heterocycles. The minimum atomic E-state index is -0.809. The molecule has 0 spiro atoms. The van der Waals surface area contributed by atoms with Gasteiger partial charge in [-0.15, -0.1) is 0 Å². The highest BCUT2D eigenvalue weighted by Gasteiger charge is 2.35. The van der Waals surface area contributed by atoms with Crippen LogP contribution in [0.1, 0.15) is 18.4 Å². The summed E-state index contributed by atoms with van der Waals surface area (Å²) in [7, 11) is 5.30. The van der Waals surface area contributed by atoms with Crippen molar-refractivity contribution < 1.29 is 19.3 Å². The van der Waals surface area contributed by atoms with E-state index in [9.17, 15) is 5.11 Å². The Morgan fingerprint density at radius 1 is 1.17 bits per heavy atom. The standard InChI is InChI=1S/C22H32N4O4/c1-25(15-18-6-7-19(29-3)20(14-18)30-13-12-28-2)16-22(27)8-4-11-26(17-22)21-23-9-5-10-24-21/h5-7,9-10,14,27H,4,8,11-13,15-17H2,1-3H3. The first kappa shape index (κ1) is 22.3. The molecule has 1 saturated heterocycles.